The molecular weight excluding hydrogens is 283 g/mol. The molecule has 0 aromatic carbocycles. The van der Waals surface area contributed by atoms with Crippen LogP contribution in [0.1, 0.15) is 20.8 Å². The van der Waals surface area contributed by atoms with Crippen LogP contribution in [0.3, 0.4) is 0 Å². The van der Waals surface area contributed by atoms with E-state index in [1.807, 2.05) is 0 Å². The summed E-state index contributed by atoms with van der Waals surface area (Å²) in [7, 11) is -4.65. The van der Waals surface area contributed by atoms with Crippen molar-refractivity contribution < 1.29 is 23.1 Å². The molecular formula is C12H27O5PSi. The Morgan fingerprint density at radius 3 is 2.00 bits per heavy atom. The van der Waals surface area contributed by atoms with Gasteiger partial charge in [0.1, 0.15) is 0 Å². The van der Waals surface area contributed by atoms with Crippen LogP contribution in [0, 0.1) is 0 Å². The third-order valence-electron chi connectivity index (χ3n) is 2.53. The van der Waals surface area contributed by atoms with Crippen molar-refractivity contribution >= 4 is 21.6 Å². The number of hydrogen-bond donors (Lipinski definition) is 0. The first-order valence-corrected chi connectivity index (χ1v) is 12.0. The molecule has 0 aliphatic carbocycles. The first-order valence-electron chi connectivity index (χ1n) is 6.71. The summed E-state index contributed by atoms with van der Waals surface area (Å²) in [5.41, 5.74) is -0.881. The van der Waals surface area contributed by atoms with Gasteiger partial charge in [-0.3, -0.25) is 9.36 Å². The highest BCUT2D eigenvalue weighted by atomic mass is 31.2. The van der Waals surface area contributed by atoms with Gasteiger partial charge in [-0.1, -0.05) is 19.6 Å². The third-order valence-corrected chi connectivity index (χ3v) is 6.63. The van der Waals surface area contributed by atoms with Crippen molar-refractivity contribution in [1.82, 2.24) is 0 Å². The number of rotatable bonds is 9. The van der Waals surface area contributed by atoms with E-state index in [0.717, 1.165) is 6.04 Å². The molecule has 0 N–H and O–H groups in total. The van der Waals surface area contributed by atoms with Gasteiger partial charge in [-0.05, 0) is 26.8 Å². The largest absolute Gasteiger partial charge is 0.465 e. The second kappa shape index (κ2) is 8.20. The predicted octanol–water partition coefficient (Wildman–Crippen LogP) is 3.52. The molecule has 5 nitrogen and oxygen atoms in total. The van der Waals surface area contributed by atoms with Crippen molar-refractivity contribution in [2.45, 2.75) is 52.1 Å². The molecule has 1 atom stereocenters. The fourth-order valence-electron chi connectivity index (χ4n) is 1.33. The lowest BCUT2D eigenvalue weighted by Gasteiger charge is -2.22. The topological polar surface area (TPSA) is 61.8 Å². The van der Waals surface area contributed by atoms with E-state index in [2.05, 4.69) is 19.6 Å². The van der Waals surface area contributed by atoms with E-state index in [9.17, 15) is 9.36 Å². The Bertz CT molecular complexity index is 317. The van der Waals surface area contributed by atoms with Gasteiger partial charge in [-0.25, -0.2) is 0 Å². The summed E-state index contributed by atoms with van der Waals surface area (Å²) in [6.07, 6.45) is 0. The van der Waals surface area contributed by atoms with Gasteiger partial charge < -0.3 is 13.8 Å². The first kappa shape index (κ1) is 18.8. The molecule has 0 amide bonds. The highest BCUT2D eigenvalue weighted by Gasteiger charge is 2.38. The molecule has 114 valence electrons. The molecule has 1 unspecified atom stereocenters. The third kappa shape index (κ3) is 7.25. The quantitative estimate of drug-likeness (QED) is 0.370. The first-order chi connectivity index (χ1) is 8.66. The summed E-state index contributed by atoms with van der Waals surface area (Å²) in [5, 5.41) is 0. The number of esters is 1. The fourth-order valence-corrected chi connectivity index (χ4v) is 3.62. The van der Waals surface area contributed by atoms with Gasteiger partial charge in [0.15, 0.2) is 5.66 Å². The molecule has 0 bridgehead atoms. The maximum Gasteiger partial charge on any atom is 0.344 e. The zero-order valence-corrected chi connectivity index (χ0v) is 14.8. The van der Waals surface area contributed by atoms with Crippen LogP contribution in [-0.2, 0) is 23.1 Å². The lowest BCUT2D eigenvalue weighted by Crippen LogP contribution is -2.27. The predicted molar refractivity (Wildman–Crippen MR) is 79.4 cm³/mol. The van der Waals surface area contributed by atoms with E-state index in [-0.39, 0.29) is 13.2 Å². The molecule has 0 saturated heterocycles. The summed E-state index contributed by atoms with van der Waals surface area (Å²) >= 11 is 0. The van der Waals surface area contributed by atoms with Crippen LogP contribution < -0.4 is 0 Å². The standard InChI is InChI=1S/C12H27O5PSi/c1-7-16-18(14,17-8-2)11(3)12(13)15-9-10-19(4,5)6/h11H,7-10H2,1-6H3. The molecule has 0 rings (SSSR count). The van der Waals surface area contributed by atoms with Crippen LogP contribution in [0.15, 0.2) is 0 Å². The highest BCUT2D eigenvalue weighted by molar-refractivity contribution is 7.55. The molecule has 0 aromatic heterocycles. The van der Waals surface area contributed by atoms with Gasteiger partial charge in [0.2, 0.25) is 0 Å². The maximum atomic E-state index is 12.4. The lowest BCUT2D eigenvalue weighted by atomic mass is 10.5. The van der Waals surface area contributed by atoms with Gasteiger partial charge in [0, 0.05) is 8.07 Å². The molecule has 19 heavy (non-hydrogen) atoms. The van der Waals surface area contributed by atoms with Gasteiger partial charge in [-0.15, -0.1) is 0 Å². The van der Waals surface area contributed by atoms with E-state index in [1.165, 1.54) is 6.92 Å². The molecule has 0 saturated carbocycles. The SMILES string of the molecule is CCOP(=O)(OCC)C(C)C(=O)OCC[Si](C)(C)C. The van der Waals surface area contributed by atoms with E-state index in [0.29, 0.717) is 6.61 Å². The summed E-state index contributed by atoms with van der Waals surface area (Å²) in [6, 6.07) is 0.888. The van der Waals surface area contributed by atoms with Gasteiger partial charge in [-0.2, -0.15) is 0 Å². The van der Waals surface area contributed by atoms with Crippen LogP contribution >= 0.6 is 7.60 Å². The smallest absolute Gasteiger partial charge is 0.344 e. The van der Waals surface area contributed by atoms with Crippen molar-refractivity contribution in [2.24, 2.45) is 0 Å². The average Bonchev–Trinajstić information content (AvgIpc) is 2.26. The molecule has 0 aliphatic rings. The second-order valence-electron chi connectivity index (χ2n) is 5.53. The Hall–Kier alpha value is -0.163. The Balaban J connectivity index is 4.47. The van der Waals surface area contributed by atoms with Crippen molar-refractivity contribution in [1.29, 1.82) is 0 Å². The van der Waals surface area contributed by atoms with Gasteiger partial charge >= 0.3 is 13.6 Å². The zero-order chi connectivity index (χ0) is 15.1. The fraction of sp³-hybridized carbons (Fsp3) is 0.917. The molecule has 0 aromatic rings. The van der Waals surface area contributed by atoms with Crippen molar-refractivity contribution in [3.63, 3.8) is 0 Å². The second-order valence-corrected chi connectivity index (χ2v) is 13.5. The maximum absolute atomic E-state index is 12.4. The van der Waals surface area contributed by atoms with Crippen LogP contribution in [0.5, 0.6) is 0 Å². The van der Waals surface area contributed by atoms with Crippen LogP contribution in [0.25, 0.3) is 0 Å². The van der Waals surface area contributed by atoms with Crippen LogP contribution in [-0.4, -0.2) is 39.5 Å². The molecule has 7 heteroatoms. The number of ether oxygens (including phenoxy) is 1. The minimum Gasteiger partial charge on any atom is -0.465 e. The average molecular weight is 310 g/mol. The van der Waals surface area contributed by atoms with E-state index >= 15 is 0 Å². The monoisotopic (exact) mass is 310 g/mol. The molecule has 0 aliphatic heterocycles. The van der Waals surface area contributed by atoms with E-state index in [1.54, 1.807) is 13.8 Å². The zero-order valence-electron chi connectivity index (χ0n) is 12.9. The normalized spacial score (nSPS) is 14.2. The van der Waals surface area contributed by atoms with Crippen molar-refractivity contribution in [2.75, 3.05) is 19.8 Å². The van der Waals surface area contributed by atoms with E-state index in [4.69, 9.17) is 13.8 Å². The summed E-state index contributed by atoms with van der Waals surface area (Å²) < 4.78 is 27.8. The van der Waals surface area contributed by atoms with Crippen molar-refractivity contribution in [3.05, 3.63) is 0 Å². The summed E-state index contributed by atoms with van der Waals surface area (Å²) in [4.78, 5) is 11.9. The summed E-state index contributed by atoms with van der Waals surface area (Å²) in [5.74, 6) is -0.511. The minimum absolute atomic E-state index is 0.240. The number of hydrogen-bond acceptors (Lipinski definition) is 5. The molecule has 0 spiro atoms. The Morgan fingerprint density at radius 1 is 1.16 bits per heavy atom. The molecule has 0 radical (unpaired) electrons. The number of carbonyl (C=O) groups is 1. The van der Waals surface area contributed by atoms with Gasteiger partial charge in [0.05, 0.1) is 19.8 Å². The Kier molecular flexibility index (Phi) is 8.13. The summed E-state index contributed by atoms with van der Waals surface area (Å²) in [6.45, 7) is 12.4. The minimum atomic E-state index is -3.41. The van der Waals surface area contributed by atoms with Crippen molar-refractivity contribution in [3.8, 4) is 0 Å². The van der Waals surface area contributed by atoms with Gasteiger partial charge in [0.25, 0.3) is 0 Å². The van der Waals surface area contributed by atoms with E-state index < -0.39 is 27.3 Å². The van der Waals surface area contributed by atoms with Crippen LogP contribution in [0.2, 0.25) is 25.7 Å². The Morgan fingerprint density at radius 2 is 1.63 bits per heavy atom. The number of carbonyl (C=O) groups excluding carboxylic acids is 1. The molecule has 0 fully saturated rings. The Labute approximate surface area is 117 Å². The molecule has 0 heterocycles. The van der Waals surface area contributed by atoms with Crippen LogP contribution in [0.4, 0.5) is 0 Å². The highest BCUT2D eigenvalue weighted by Crippen LogP contribution is 2.53. The lowest BCUT2D eigenvalue weighted by molar-refractivity contribution is -0.142.